The molecule has 0 aromatic heterocycles. The van der Waals surface area contributed by atoms with Crippen LogP contribution in [-0.2, 0) is 9.53 Å². The fourth-order valence-corrected chi connectivity index (χ4v) is 2.17. The molecule has 2 N–H and O–H groups in total. The summed E-state index contributed by atoms with van der Waals surface area (Å²) in [4.78, 5) is 24.2. The standard InChI is InChI=1S/C20H24N2O3/c1-13(2)25-12-19(23)21-17-10-7-15(4)18(11-17)22-20(24)16-8-5-14(3)6-9-16/h5-11,13H,12H2,1-4H3,(H,21,23)(H,22,24). The summed E-state index contributed by atoms with van der Waals surface area (Å²) in [5, 5.41) is 5.66. The summed E-state index contributed by atoms with van der Waals surface area (Å²) in [6, 6.07) is 12.8. The van der Waals surface area contributed by atoms with Crippen molar-refractivity contribution in [2.45, 2.75) is 33.8 Å². The van der Waals surface area contributed by atoms with Crippen LogP contribution in [0.5, 0.6) is 0 Å². The first-order valence-electron chi connectivity index (χ1n) is 8.25. The van der Waals surface area contributed by atoms with Gasteiger partial charge in [-0.25, -0.2) is 0 Å². The molecule has 2 rings (SSSR count). The maximum atomic E-state index is 12.4. The van der Waals surface area contributed by atoms with Crippen LogP contribution in [0, 0.1) is 13.8 Å². The van der Waals surface area contributed by atoms with E-state index >= 15 is 0 Å². The fraction of sp³-hybridized carbons (Fsp3) is 0.300. The van der Waals surface area contributed by atoms with Crippen molar-refractivity contribution in [3.05, 3.63) is 59.2 Å². The minimum absolute atomic E-state index is 0.00337. The first kappa shape index (κ1) is 18.7. The van der Waals surface area contributed by atoms with E-state index in [9.17, 15) is 9.59 Å². The quantitative estimate of drug-likeness (QED) is 0.837. The molecule has 0 bridgehead atoms. The van der Waals surface area contributed by atoms with Gasteiger partial charge < -0.3 is 15.4 Å². The summed E-state index contributed by atoms with van der Waals surface area (Å²) in [6.45, 7) is 7.62. The Bertz CT molecular complexity index is 752. The number of carbonyl (C=O) groups is 2. The minimum atomic E-state index is -0.228. The van der Waals surface area contributed by atoms with Crippen LogP contribution in [0.2, 0.25) is 0 Å². The first-order chi connectivity index (χ1) is 11.8. The van der Waals surface area contributed by atoms with Gasteiger partial charge in [0.2, 0.25) is 5.91 Å². The Hall–Kier alpha value is -2.66. The highest BCUT2D eigenvalue weighted by molar-refractivity contribution is 6.05. The number of aryl methyl sites for hydroxylation is 2. The molecule has 25 heavy (non-hydrogen) atoms. The Labute approximate surface area is 148 Å². The lowest BCUT2D eigenvalue weighted by Gasteiger charge is -2.12. The second kappa shape index (κ2) is 8.44. The van der Waals surface area contributed by atoms with Crippen molar-refractivity contribution in [1.82, 2.24) is 0 Å². The molecule has 5 heteroatoms. The number of carbonyl (C=O) groups excluding carboxylic acids is 2. The zero-order chi connectivity index (χ0) is 18.4. The highest BCUT2D eigenvalue weighted by atomic mass is 16.5. The molecule has 0 aliphatic heterocycles. The predicted octanol–water partition coefficient (Wildman–Crippen LogP) is 3.92. The molecule has 2 aromatic carbocycles. The largest absolute Gasteiger partial charge is 0.369 e. The average molecular weight is 340 g/mol. The van der Waals surface area contributed by atoms with Crippen LogP contribution in [0.1, 0.15) is 35.3 Å². The van der Waals surface area contributed by atoms with Gasteiger partial charge in [0.1, 0.15) is 6.61 Å². The van der Waals surface area contributed by atoms with Gasteiger partial charge in [-0.05, 0) is 57.5 Å². The number of amides is 2. The van der Waals surface area contributed by atoms with Crippen LogP contribution >= 0.6 is 0 Å². The summed E-state index contributed by atoms with van der Waals surface area (Å²) in [7, 11) is 0. The molecule has 5 nitrogen and oxygen atoms in total. The molecule has 2 aromatic rings. The monoisotopic (exact) mass is 340 g/mol. The van der Waals surface area contributed by atoms with Crippen molar-refractivity contribution >= 4 is 23.2 Å². The average Bonchev–Trinajstić information content (AvgIpc) is 2.56. The van der Waals surface area contributed by atoms with Gasteiger partial charge in [0.25, 0.3) is 5.91 Å². The number of benzene rings is 2. The van der Waals surface area contributed by atoms with E-state index in [2.05, 4.69) is 10.6 Å². The Morgan fingerprint density at radius 2 is 1.68 bits per heavy atom. The molecule has 2 amide bonds. The molecule has 132 valence electrons. The van der Waals surface area contributed by atoms with Crippen LogP contribution in [-0.4, -0.2) is 24.5 Å². The van der Waals surface area contributed by atoms with Gasteiger partial charge >= 0.3 is 0 Å². The molecule has 0 aliphatic carbocycles. The molecule has 0 spiro atoms. The highest BCUT2D eigenvalue weighted by Gasteiger charge is 2.10. The maximum Gasteiger partial charge on any atom is 0.255 e. The second-order valence-electron chi connectivity index (χ2n) is 6.26. The topological polar surface area (TPSA) is 67.4 Å². The lowest BCUT2D eigenvalue weighted by molar-refractivity contribution is -0.121. The van der Waals surface area contributed by atoms with E-state index in [0.717, 1.165) is 11.1 Å². The SMILES string of the molecule is Cc1ccc(C(=O)Nc2cc(NC(=O)COC(C)C)ccc2C)cc1. The second-order valence-corrected chi connectivity index (χ2v) is 6.26. The van der Waals surface area contributed by atoms with E-state index < -0.39 is 0 Å². The van der Waals surface area contributed by atoms with Crippen molar-refractivity contribution in [2.75, 3.05) is 17.2 Å². The third-order valence-electron chi connectivity index (χ3n) is 3.63. The Kier molecular flexibility index (Phi) is 6.31. The first-order valence-corrected chi connectivity index (χ1v) is 8.25. The van der Waals surface area contributed by atoms with Gasteiger partial charge in [-0.1, -0.05) is 23.8 Å². The third-order valence-corrected chi connectivity index (χ3v) is 3.63. The van der Waals surface area contributed by atoms with Gasteiger partial charge in [-0.3, -0.25) is 9.59 Å². The highest BCUT2D eigenvalue weighted by Crippen LogP contribution is 2.21. The summed E-state index contributed by atoms with van der Waals surface area (Å²) in [6.07, 6.45) is -0.00636. The van der Waals surface area contributed by atoms with E-state index in [1.807, 2.05) is 45.9 Å². The molecule has 0 unspecified atom stereocenters. The number of hydrogen-bond acceptors (Lipinski definition) is 3. The van der Waals surface area contributed by atoms with E-state index in [4.69, 9.17) is 4.74 Å². The smallest absolute Gasteiger partial charge is 0.255 e. The van der Waals surface area contributed by atoms with Crippen LogP contribution in [0.15, 0.2) is 42.5 Å². The molecular weight excluding hydrogens is 316 g/mol. The molecule has 0 heterocycles. The van der Waals surface area contributed by atoms with Gasteiger partial charge in [0.15, 0.2) is 0 Å². The maximum absolute atomic E-state index is 12.4. The zero-order valence-corrected chi connectivity index (χ0v) is 15.1. The lowest BCUT2D eigenvalue weighted by atomic mass is 10.1. The number of hydrogen-bond donors (Lipinski definition) is 2. The fourth-order valence-electron chi connectivity index (χ4n) is 2.17. The van der Waals surface area contributed by atoms with Crippen LogP contribution in [0.4, 0.5) is 11.4 Å². The summed E-state index contributed by atoms with van der Waals surface area (Å²) < 4.78 is 5.28. The lowest BCUT2D eigenvalue weighted by Crippen LogP contribution is -2.21. The molecule has 0 saturated carbocycles. The van der Waals surface area contributed by atoms with E-state index in [-0.39, 0.29) is 24.5 Å². The number of anilines is 2. The van der Waals surface area contributed by atoms with Crippen LogP contribution in [0.3, 0.4) is 0 Å². The van der Waals surface area contributed by atoms with Crippen molar-refractivity contribution in [3.63, 3.8) is 0 Å². The van der Waals surface area contributed by atoms with Gasteiger partial charge in [-0.2, -0.15) is 0 Å². The Balaban J connectivity index is 2.06. The van der Waals surface area contributed by atoms with E-state index in [0.29, 0.717) is 16.9 Å². The summed E-state index contributed by atoms with van der Waals surface area (Å²) >= 11 is 0. The Morgan fingerprint density at radius 3 is 2.32 bits per heavy atom. The van der Waals surface area contributed by atoms with E-state index in [1.165, 1.54) is 0 Å². The Morgan fingerprint density at radius 1 is 1.00 bits per heavy atom. The van der Waals surface area contributed by atoms with Crippen LogP contribution in [0.25, 0.3) is 0 Å². The normalized spacial score (nSPS) is 10.6. The van der Waals surface area contributed by atoms with Gasteiger partial charge in [0.05, 0.1) is 6.10 Å². The van der Waals surface area contributed by atoms with E-state index in [1.54, 1.807) is 24.3 Å². The van der Waals surface area contributed by atoms with Crippen molar-refractivity contribution in [2.24, 2.45) is 0 Å². The molecule has 0 saturated heterocycles. The predicted molar refractivity (Wildman–Crippen MR) is 100 cm³/mol. The summed E-state index contributed by atoms with van der Waals surface area (Å²) in [5.41, 5.74) is 3.87. The van der Waals surface area contributed by atoms with Crippen molar-refractivity contribution < 1.29 is 14.3 Å². The number of ether oxygens (including phenoxy) is 1. The van der Waals surface area contributed by atoms with Crippen molar-refractivity contribution in [3.8, 4) is 0 Å². The van der Waals surface area contributed by atoms with Gasteiger partial charge in [0, 0.05) is 16.9 Å². The zero-order valence-electron chi connectivity index (χ0n) is 15.1. The number of nitrogens with one attached hydrogen (secondary N) is 2. The molecule has 0 radical (unpaired) electrons. The summed E-state index contributed by atoms with van der Waals surface area (Å²) in [5.74, 6) is -0.414. The minimum Gasteiger partial charge on any atom is -0.369 e. The molecule has 0 aliphatic rings. The van der Waals surface area contributed by atoms with Crippen LogP contribution < -0.4 is 10.6 Å². The number of rotatable bonds is 6. The molecular formula is C20H24N2O3. The molecule has 0 fully saturated rings. The third kappa shape index (κ3) is 5.72. The molecule has 0 atom stereocenters. The van der Waals surface area contributed by atoms with Crippen molar-refractivity contribution in [1.29, 1.82) is 0 Å². The van der Waals surface area contributed by atoms with Gasteiger partial charge in [-0.15, -0.1) is 0 Å².